The number of phenolic OH excluding ortho intramolecular Hbond substituents is 1. The second-order valence-corrected chi connectivity index (χ2v) is 10.5. The fourth-order valence-corrected chi connectivity index (χ4v) is 6.58. The van der Waals surface area contributed by atoms with Crippen LogP contribution in [0.4, 0.5) is 0 Å². The molecule has 0 saturated heterocycles. The van der Waals surface area contributed by atoms with E-state index in [1.165, 1.54) is 15.4 Å². The lowest BCUT2D eigenvalue weighted by atomic mass is 9.51. The number of aromatic hydroxyl groups is 1. The number of rotatable bonds is 2. The zero-order valence-corrected chi connectivity index (χ0v) is 20.8. The topological polar surface area (TPSA) is 103 Å². The maximum absolute atomic E-state index is 13.8. The largest absolute Gasteiger partial charge is 0.508 e. The van der Waals surface area contributed by atoms with Gasteiger partial charge in [-0.15, -0.1) is 0 Å². The van der Waals surface area contributed by atoms with E-state index in [0.717, 1.165) is 15.7 Å². The Morgan fingerprint density at radius 2 is 1.70 bits per heavy atom. The minimum absolute atomic E-state index is 0.114. The van der Waals surface area contributed by atoms with Gasteiger partial charge in [-0.3, -0.25) is 9.59 Å². The highest BCUT2D eigenvalue weighted by Crippen LogP contribution is 2.59. The molecule has 8 nitrogen and oxygen atoms in total. The number of phenols is 1. The van der Waals surface area contributed by atoms with Gasteiger partial charge in [0.1, 0.15) is 5.75 Å². The first-order valence-corrected chi connectivity index (χ1v) is 12.4. The number of benzene rings is 2. The van der Waals surface area contributed by atoms with Crippen molar-refractivity contribution in [3.05, 3.63) is 104 Å². The van der Waals surface area contributed by atoms with Gasteiger partial charge in [-0.2, -0.15) is 0 Å². The number of aromatic nitrogens is 3. The zero-order valence-electron chi connectivity index (χ0n) is 20.8. The number of nitrogens with zero attached hydrogens (tertiary/aromatic N) is 3. The van der Waals surface area contributed by atoms with Gasteiger partial charge in [0.25, 0.3) is 0 Å². The van der Waals surface area contributed by atoms with Crippen molar-refractivity contribution in [1.29, 1.82) is 0 Å². The van der Waals surface area contributed by atoms with Crippen LogP contribution in [-0.2, 0) is 16.1 Å². The van der Waals surface area contributed by atoms with Gasteiger partial charge >= 0.3 is 11.4 Å². The molecular formula is C29H27N3O5. The second kappa shape index (κ2) is 7.90. The Hall–Kier alpha value is -4.20. The highest BCUT2D eigenvalue weighted by atomic mass is 16.3. The fraction of sp³-hybridized carbons (Fsp3) is 0.310. The van der Waals surface area contributed by atoms with Crippen LogP contribution in [0.5, 0.6) is 5.75 Å². The number of allylic oxidation sites excluding steroid dienone is 4. The molecule has 4 atom stereocenters. The van der Waals surface area contributed by atoms with E-state index < -0.39 is 34.7 Å². The summed E-state index contributed by atoms with van der Waals surface area (Å²) in [7, 11) is 0. The van der Waals surface area contributed by atoms with Gasteiger partial charge in [-0.25, -0.2) is 23.5 Å². The van der Waals surface area contributed by atoms with E-state index in [1.807, 2.05) is 25.1 Å². The second-order valence-electron chi connectivity index (χ2n) is 10.5. The molecule has 1 aliphatic heterocycles. The summed E-state index contributed by atoms with van der Waals surface area (Å²) >= 11 is 0. The third-order valence-electron chi connectivity index (χ3n) is 8.51. The van der Waals surface area contributed by atoms with Crippen molar-refractivity contribution in [2.45, 2.75) is 45.7 Å². The van der Waals surface area contributed by atoms with Crippen molar-refractivity contribution in [1.82, 2.24) is 13.9 Å². The van der Waals surface area contributed by atoms with E-state index in [-0.39, 0.29) is 30.3 Å². The predicted octanol–water partition coefficient (Wildman–Crippen LogP) is 3.20. The predicted molar refractivity (Wildman–Crippen MR) is 137 cm³/mol. The summed E-state index contributed by atoms with van der Waals surface area (Å²) in [6.45, 7) is 5.45. The van der Waals surface area contributed by atoms with Gasteiger partial charge in [0.2, 0.25) is 0 Å². The number of fused-ring (bicyclic) bond motifs is 4. The van der Waals surface area contributed by atoms with Crippen LogP contribution >= 0.6 is 0 Å². The van der Waals surface area contributed by atoms with Crippen LogP contribution in [0.3, 0.4) is 0 Å². The van der Waals surface area contributed by atoms with Crippen LogP contribution in [0.1, 0.15) is 43.4 Å². The van der Waals surface area contributed by atoms with Crippen molar-refractivity contribution in [2.75, 3.05) is 0 Å². The van der Waals surface area contributed by atoms with Crippen molar-refractivity contribution in [3.8, 4) is 11.4 Å². The van der Waals surface area contributed by atoms with Crippen LogP contribution in [-0.4, -0.2) is 30.6 Å². The molecule has 2 heterocycles. The fourth-order valence-electron chi connectivity index (χ4n) is 6.58. The average molecular weight is 498 g/mol. The van der Waals surface area contributed by atoms with Gasteiger partial charge in [0, 0.05) is 11.8 Å². The smallest absolute Gasteiger partial charge is 0.352 e. The Morgan fingerprint density at radius 3 is 2.41 bits per heavy atom. The van der Waals surface area contributed by atoms with Gasteiger partial charge in [-0.1, -0.05) is 43.3 Å². The first-order valence-electron chi connectivity index (χ1n) is 12.4. The molecule has 1 saturated carbocycles. The lowest BCUT2D eigenvalue weighted by Gasteiger charge is -2.52. The Labute approximate surface area is 212 Å². The minimum atomic E-state index is -1.06. The van der Waals surface area contributed by atoms with E-state index >= 15 is 0 Å². The van der Waals surface area contributed by atoms with Gasteiger partial charge in [0.15, 0.2) is 11.6 Å². The highest BCUT2D eigenvalue weighted by Gasteiger charge is 2.59. The Bertz CT molecular complexity index is 1670. The van der Waals surface area contributed by atoms with Gasteiger partial charge in [0.05, 0.1) is 23.7 Å². The molecule has 3 aromatic rings. The Balaban J connectivity index is 1.60. The Kier molecular flexibility index (Phi) is 4.96. The van der Waals surface area contributed by atoms with E-state index in [1.54, 1.807) is 50.2 Å². The van der Waals surface area contributed by atoms with Crippen LogP contribution in [0.25, 0.3) is 5.69 Å². The first-order chi connectivity index (χ1) is 17.6. The molecule has 0 amide bonds. The monoisotopic (exact) mass is 497 g/mol. The SMILES string of the molecule is CC1=CC(=O)[C@@]2(C)[C@@H](c3ccc(O)c(C)c3)C3=CCn4c(=O)n(-c5ccccc5)c(=O)n4[C@@H]3C[C@H]2C1=O. The number of ketones is 2. The Morgan fingerprint density at radius 1 is 0.973 bits per heavy atom. The zero-order chi connectivity index (χ0) is 26.2. The van der Waals surface area contributed by atoms with E-state index in [4.69, 9.17) is 0 Å². The summed E-state index contributed by atoms with van der Waals surface area (Å²) in [6.07, 6.45) is 3.61. The third-order valence-corrected chi connectivity index (χ3v) is 8.51. The van der Waals surface area contributed by atoms with Crippen LogP contribution in [0, 0.1) is 18.3 Å². The number of para-hydroxylation sites is 1. The number of Topliss-reactive ketones (excluding diaryl/α,β-unsaturated/α-hetero) is 1. The van der Waals surface area contributed by atoms with Crippen molar-refractivity contribution in [2.24, 2.45) is 11.3 Å². The molecule has 1 fully saturated rings. The highest BCUT2D eigenvalue weighted by molar-refractivity contribution is 6.13. The molecule has 0 bridgehead atoms. The molecule has 6 rings (SSSR count). The third kappa shape index (κ3) is 3.08. The van der Waals surface area contributed by atoms with Gasteiger partial charge in [-0.05, 0) is 66.8 Å². The average Bonchev–Trinajstić information content (AvgIpc) is 3.14. The molecule has 3 aliphatic rings. The maximum Gasteiger partial charge on any atom is 0.352 e. The molecule has 0 unspecified atom stereocenters. The molecule has 2 aromatic carbocycles. The van der Waals surface area contributed by atoms with E-state index in [2.05, 4.69) is 0 Å². The van der Waals surface area contributed by atoms with Crippen molar-refractivity contribution in [3.63, 3.8) is 0 Å². The van der Waals surface area contributed by atoms with Crippen molar-refractivity contribution >= 4 is 11.6 Å². The summed E-state index contributed by atoms with van der Waals surface area (Å²) in [4.78, 5) is 54.3. The lowest BCUT2D eigenvalue weighted by molar-refractivity contribution is -0.139. The van der Waals surface area contributed by atoms with Crippen LogP contribution in [0.2, 0.25) is 0 Å². The molecule has 0 radical (unpaired) electrons. The first kappa shape index (κ1) is 23.2. The van der Waals surface area contributed by atoms with Crippen molar-refractivity contribution < 1.29 is 14.7 Å². The van der Waals surface area contributed by atoms with E-state index in [0.29, 0.717) is 16.8 Å². The number of hydrogen-bond donors (Lipinski definition) is 1. The summed E-state index contributed by atoms with van der Waals surface area (Å²) < 4.78 is 4.04. The lowest BCUT2D eigenvalue weighted by Crippen LogP contribution is -2.54. The normalized spacial score (nSPS) is 26.6. The molecule has 1 N–H and O–H groups in total. The summed E-state index contributed by atoms with van der Waals surface area (Å²) in [5, 5.41) is 10.2. The summed E-state index contributed by atoms with van der Waals surface area (Å²) in [6, 6.07) is 13.4. The molecule has 188 valence electrons. The quantitative estimate of drug-likeness (QED) is 0.548. The van der Waals surface area contributed by atoms with Gasteiger partial charge < -0.3 is 5.11 Å². The molecule has 8 heteroatoms. The van der Waals surface area contributed by atoms with Crippen LogP contribution < -0.4 is 11.4 Å². The maximum atomic E-state index is 13.8. The number of carbonyl (C=O) groups excluding carboxylic acids is 2. The number of aryl methyl sites for hydroxylation is 1. The van der Waals surface area contributed by atoms with E-state index in [9.17, 15) is 24.3 Å². The standard InChI is InChI=1S/C29H27N3O5/c1-16-13-18(9-10-23(16)33)25-20-11-12-30-27(36)31(19-7-5-4-6-8-19)28(37)32(30)22(20)15-21-26(35)17(2)14-24(34)29(21,25)3/h4-11,13-14,21-22,25,33H,12,15H2,1-3H3/t21-,22+,25-,29-/m0/s1. The molecule has 1 aromatic heterocycles. The molecule has 0 spiro atoms. The minimum Gasteiger partial charge on any atom is -0.508 e. The number of carbonyl (C=O) groups is 2. The summed E-state index contributed by atoms with van der Waals surface area (Å²) in [5.41, 5.74) is 1.18. The number of hydrogen-bond acceptors (Lipinski definition) is 5. The summed E-state index contributed by atoms with van der Waals surface area (Å²) in [5.74, 6) is -1.27. The van der Waals surface area contributed by atoms with Crippen LogP contribution in [0.15, 0.2) is 81.4 Å². The molecule has 37 heavy (non-hydrogen) atoms. The molecular weight excluding hydrogens is 470 g/mol. The molecule has 2 aliphatic carbocycles.